The summed E-state index contributed by atoms with van der Waals surface area (Å²) >= 11 is 0. The lowest BCUT2D eigenvalue weighted by Crippen LogP contribution is -2.27. The van der Waals surface area contributed by atoms with Crippen molar-refractivity contribution in [3.63, 3.8) is 0 Å². The maximum absolute atomic E-state index is 11.8. The van der Waals surface area contributed by atoms with Gasteiger partial charge in [-0.1, -0.05) is 0 Å². The van der Waals surface area contributed by atoms with E-state index in [1.807, 2.05) is 0 Å². The topological polar surface area (TPSA) is 60.5 Å². The predicted octanol–water partition coefficient (Wildman–Crippen LogP) is 1.21. The maximum atomic E-state index is 11.8. The second-order valence-electron chi connectivity index (χ2n) is 3.55. The summed E-state index contributed by atoms with van der Waals surface area (Å²) in [5, 5.41) is 2.75. The molecule has 2 heterocycles. The van der Waals surface area contributed by atoms with E-state index >= 15 is 0 Å². The molecule has 1 unspecified atom stereocenters. The fraction of sp³-hybridized carbons (Fsp3) is 0.455. The average molecular weight is 222 g/mol. The molecule has 0 aliphatic carbocycles. The van der Waals surface area contributed by atoms with Gasteiger partial charge >= 0.3 is 0 Å². The highest BCUT2D eigenvalue weighted by atomic mass is 16.5. The van der Waals surface area contributed by atoms with Gasteiger partial charge in [-0.2, -0.15) is 0 Å². The minimum Gasteiger partial charge on any atom is -0.480 e. The van der Waals surface area contributed by atoms with Crippen molar-refractivity contribution in [1.29, 1.82) is 0 Å². The number of carbonyl (C=O) groups is 1. The normalized spacial score (nSPS) is 19.4. The molecule has 1 amide bonds. The summed E-state index contributed by atoms with van der Waals surface area (Å²) in [5.74, 6) is 0.276. The lowest BCUT2D eigenvalue weighted by atomic mass is 10.2. The maximum Gasteiger partial charge on any atom is 0.253 e. The first kappa shape index (κ1) is 10.9. The van der Waals surface area contributed by atoms with Gasteiger partial charge in [-0.05, 0) is 25.0 Å². The monoisotopic (exact) mass is 222 g/mol. The molecule has 5 heteroatoms. The number of pyridine rings is 1. The first-order valence-electron chi connectivity index (χ1n) is 5.22. The van der Waals surface area contributed by atoms with Crippen molar-refractivity contribution in [2.24, 2.45) is 0 Å². The molecule has 1 aliphatic rings. The third kappa shape index (κ3) is 2.30. The smallest absolute Gasteiger partial charge is 0.253 e. The number of nitrogens with one attached hydrogen (secondary N) is 1. The molecule has 1 aromatic rings. The molecule has 1 aromatic heterocycles. The second-order valence-corrected chi connectivity index (χ2v) is 3.55. The average Bonchev–Trinajstić information content (AvgIpc) is 2.83. The molecule has 0 saturated carbocycles. The van der Waals surface area contributed by atoms with Gasteiger partial charge in [-0.15, -0.1) is 0 Å². The van der Waals surface area contributed by atoms with E-state index in [4.69, 9.17) is 9.47 Å². The first-order chi connectivity index (χ1) is 7.81. The summed E-state index contributed by atoms with van der Waals surface area (Å²) in [7, 11) is 1.52. The van der Waals surface area contributed by atoms with Gasteiger partial charge in [-0.3, -0.25) is 4.79 Å². The van der Waals surface area contributed by atoms with Gasteiger partial charge in [0.1, 0.15) is 11.8 Å². The molecule has 5 nitrogen and oxygen atoms in total. The van der Waals surface area contributed by atoms with E-state index in [0.717, 1.165) is 12.8 Å². The number of amides is 1. The van der Waals surface area contributed by atoms with Crippen molar-refractivity contribution < 1.29 is 14.3 Å². The molecule has 1 atom stereocenters. The fourth-order valence-corrected chi connectivity index (χ4v) is 1.65. The van der Waals surface area contributed by atoms with Crippen molar-refractivity contribution in [3.05, 3.63) is 18.3 Å². The number of aromatic nitrogens is 1. The Labute approximate surface area is 93.8 Å². The van der Waals surface area contributed by atoms with E-state index in [0.29, 0.717) is 18.2 Å². The number of anilines is 1. The van der Waals surface area contributed by atoms with Gasteiger partial charge in [0.15, 0.2) is 0 Å². The van der Waals surface area contributed by atoms with E-state index < -0.39 is 0 Å². The molecular weight excluding hydrogens is 208 g/mol. The summed E-state index contributed by atoms with van der Waals surface area (Å²) in [6.45, 7) is 0.655. The van der Waals surface area contributed by atoms with Crippen molar-refractivity contribution in [2.75, 3.05) is 19.0 Å². The molecule has 2 rings (SSSR count). The molecule has 0 bridgehead atoms. The number of carbonyl (C=O) groups excluding carboxylic acids is 1. The van der Waals surface area contributed by atoms with Crippen LogP contribution in [0.2, 0.25) is 0 Å². The molecule has 1 fully saturated rings. The van der Waals surface area contributed by atoms with Crippen LogP contribution in [-0.2, 0) is 9.53 Å². The Morgan fingerprint density at radius 2 is 2.56 bits per heavy atom. The zero-order chi connectivity index (χ0) is 11.4. The largest absolute Gasteiger partial charge is 0.480 e. The Kier molecular flexibility index (Phi) is 3.36. The summed E-state index contributed by atoms with van der Waals surface area (Å²) in [6.07, 6.45) is 2.97. The Morgan fingerprint density at radius 3 is 3.25 bits per heavy atom. The Balaban J connectivity index is 2.05. The summed E-state index contributed by atoms with van der Waals surface area (Å²) in [6, 6.07) is 3.49. The molecular formula is C11H14N2O3. The predicted molar refractivity (Wildman–Crippen MR) is 58.4 cm³/mol. The van der Waals surface area contributed by atoms with Gasteiger partial charge in [-0.25, -0.2) is 4.98 Å². The van der Waals surface area contributed by atoms with Gasteiger partial charge in [0.05, 0.1) is 7.11 Å². The Bertz CT molecular complexity index is 375. The van der Waals surface area contributed by atoms with E-state index in [9.17, 15) is 4.79 Å². The van der Waals surface area contributed by atoms with Crippen LogP contribution in [0.1, 0.15) is 12.8 Å². The third-order valence-corrected chi connectivity index (χ3v) is 2.44. The Hall–Kier alpha value is -1.62. The molecule has 0 spiro atoms. The standard InChI is InChI=1S/C11H14N2O3/c1-15-11-8(4-2-6-12-11)13-10(14)9-5-3-7-16-9/h2,4,6,9H,3,5,7H2,1H3,(H,13,14). The zero-order valence-electron chi connectivity index (χ0n) is 9.10. The van der Waals surface area contributed by atoms with E-state index in [1.165, 1.54) is 7.11 Å². The van der Waals surface area contributed by atoms with E-state index in [2.05, 4.69) is 10.3 Å². The second kappa shape index (κ2) is 4.94. The molecule has 16 heavy (non-hydrogen) atoms. The third-order valence-electron chi connectivity index (χ3n) is 2.44. The fourth-order valence-electron chi connectivity index (χ4n) is 1.65. The number of hydrogen-bond donors (Lipinski definition) is 1. The lowest BCUT2D eigenvalue weighted by molar-refractivity contribution is -0.124. The summed E-state index contributed by atoms with van der Waals surface area (Å²) in [4.78, 5) is 15.8. The molecule has 0 radical (unpaired) electrons. The highest BCUT2D eigenvalue weighted by Gasteiger charge is 2.24. The quantitative estimate of drug-likeness (QED) is 0.835. The zero-order valence-corrected chi connectivity index (χ0v) is 9.10. The van der Waals surface area contributed by atoms with Crippen LogP contribution < -0.4 is 10.1 Å². The first-order valence-corrected chi connectivity index (χ1v) is 5.22. The van der Waals surface area contributed by atoms with Crippen molar-refractivity contribution in [2.45, 2.75) is 18.9 Å². The van der Waals surface area contributed by atoms with Crippen LogP contribution in [-0.4, -0.2) is 30.7 Å². The van der Waals surface area contributed by atoms with Crippen LogP contribution in [0.15, 0.2) is 18.3 Å². The number of rotatable bonds is 3. The van der Waals surface area contributed by atoms with Crippen LogP contribution in [0.4, 0.5) is 5.69 Å². The van der Waals surface area contributed by atoms with Crippen LogP contribution in [0, 0.1) is 0 Å². The van der Waals surface area contributed by atoms with Crippen LogP contribution in [0.3, 0.4) is 0 Å². The van der Waals surface area contributed by atoms with Gasteiger partial charge in [0.25, 0.3) is 5.91 Å². The minimum absolute atomic E-state index is 0.135. The molecule has 0 aromatic carbocycles. The number of methoxy groups -OCH3 is 1. The van der Waals surface area contributed by atoms with Crippen molar-refractivity contribution in [3.8, 4) is 5.88 Å². The molecule has 1 aliphatic heterocycles. The van der Waals surface area contributed by atoms with Crippen LogP contribution in [0.25, 0.3) is 0 Å². The SMILES string of the molecule is COc1ncccc1NC(=O)C1CCCO1. The lowest BCUT2D eigenvalue weighted by Gasteiger charge is -2.12. The highest BCUT2D eigenvalue weighted by Crippen LogP contribution is 2.21. The van der Waals surface area contributed by atoms with Crippen molar-refractivity contribution in [1.82, 2.24) is 4.98 Å². The van der Waals surface area contributed by atoms with Gasteiger partial charge in [0, 0.05) is 12.8 Å². The number of hydrogen-bond acceptors (Lipinski definition) is 4. The van der Waals surface area contributed by atoms with Crippen LogP contribution in [0.5, 0.6) is 5.88 Å². The van der Waals surface area contributed by atoms with E-state index in [-0.39, 0.29) is 12.0 Å². The van der Waals surface area contributed by atoms with Gasteiger partial charge < -0.3 is 14.8 Å². The van der Waals surface area contributed by atoms with E-state index in [1.54, 1.807) is 18.3 Å². The molecule has 1 saturated heterocycles. The highest BCUT2D eigenvalue weighted by molar-refractivity contribution is 5.95. The minimum atomic E-state index is -0.343. The van der Waals surface area contributed by atoms with Crippen molar-refractivity contribution >= 4 is 11.6 Å². The summed E-state index contributed by atoms with van der Waals surface area (Å²) < 4.78 is 10.3. The number of ether oxygens (including phenoxy) is 2. The summed E-state index contributed by atoms with van der Waals surface area (Å²) in [5.41, 5.74) is 0.575. The number of nitrogens with zero attached hydrogens (tertiary/aromatic N) is 1. The van der Waals surface area contributed by atoms with Crippen LogP contribution >= 0.6 is 0 Å². The van der Waals surface area contributed by atoms with Gasteiger partial charge in [0.2, 0.25) is 5.88 Å². The molecule has 86 valence electrons. The molecule has 1 N–H and O–H groups in total. The Morgan fingerprint density at radius 1 is 1.69 bits per heavy atom.